The van der Waals surface area contributed by atoms with E-state index in [9.17, 15) is 9.59 Å². The number of amides is 2. The SMILES string of the molecule is CCc1ccccc1NC(=O)CN(C)CC(=O)NCCOc1c(C)cccc1C. The summed E-state index contributed by atoms with van der Waals surface area (Å²) in [6.45, 7) is 7.15. The molecule has 0 aromatic heterocycles. The molecule has 0 unspecified atom stereocenters. The van der Waals surface area contributed by atoms with E-state index in [1.807, 2.05) is 63.2 Å². The zero-order chi connectivity index (χ0) is 21.2. The standard InChI is InChI=1S/C23H31N3O3/c1-5-19-11-6-7-12-20(19)25-22(28)16-26(4)15-21(27)24-13-14-29-23-17(2)9-8-10-18(23)3/h6-12H,5,13-16H2,1-4H3,(H,24,27)(H,25,28). The van der Waals surface area contributed by atoms with Crippen molar-refractivity contribution in [2.75, 3.05) is 38.6 Å². The molecule has 0 atom stereocenters. The van der Waals surface area contributed by atoms with Crippen LogP contribution in [-0.4, -0.2) is 50.0 Å². The van der Waals surface area contributed by atoms with E-state index in [2.05, 4.69) is 10.6 Å². The van der Waals surface area contributed by atoms with Crippen molar-refractivity contribution in [2.24, 2.45) is 0 Å². The fourth-order valence-electron chi connectivity index (χ4n) is 3.11. The lowest BCUT2D eigenvalue weighted by molar-refractivity contribution is -0.123. The highest BCUT2D eigenvalue weighted by atomic mass is 16.5. The topological polar surface area (TPSA) is 70.7 Å². The number of para-hydroxylation sites is 2. The summed E-state index contributed by atoms with van der Waals surface area (Å²) in [6.07, 6.45) is 0.846. The van der Waals surface area contributed by atoms with Gasteiger partial charge in [0.2, 0.25) is 11.8 Å². The van der Waals surface area contributed by atoms with E-state index in [0.29, 0.717) is 13.2 Å². The number of carbonyl (C=O) groups excluding carboxylic acids is 2. The Kier molecular flexibility index (Phi) is 8.68. The third-order valence-corrected chi connectivity index (χ3v) is 4.58. The minimum Gasteiger partial charge on any atom is -0.491 e. The minimum atomic E-state index is -0.139. The number of hydrogen-bond donors (Lipinski definition) is 2. The molecular weight excluding hydrogens is 366 g/mol. The second-order valence-corrected chi connectivity index (χ2v) is 7.15. The van der Waals surface area contributed by atoms with Crippen LogP contribution in [0.1, 0.15) is 23.6 Å². The van der Waals surface area contributed by atoms with Crippen LogP contribution >= 0.6 is 0 Å². The first-order valence-corrected chi connectivity index (χ1v) is 9.92. The molecule has 2 N–H and O–H groups in total. The smallest absolute Gasteiger partial charge is 0.238 e. The third-order valence-electron chi connectivity index (χ3n) is 4.58. The van der Waals surface area contributed by atoms with Gasteiger partial charge in [-0.3, -0.25) is 14.5 Å². The normalized spacial score (nSPS) is 10.7. The average Bonchev–Trinajstić information content (AvgIpc) is 2.67. The van der Waals surface area contributed by atoms with Gasteiger partial charge in [0.05, 0.1) is 19.6 Å². The Hall–Kier alpha value is -2.86. The predicted octanol–water partition coefficient (Wildman–Crippen LogP) is 2.93. The molecule has 0 saturated carbocycles. The van der Waals surface area contributed by atoms with Crippen LogP contribution in [0, 0.1) is 13.8 Å². The van der Waals surface area contributed by atoms with Crippen LogP contribution in [0.4, 0.5) is 5.69 Å². The van der Waals surface area contributed by atoms with Gasteiger partial charge in [0.1, 0.15) is 12.4 Å². The van der Waals surface area contributed by atoms with Gasteiger partial charge < -0.3 is 15.4 Å². The van der Waals surface area contributed by atoms with Crippen LogP contribution in [0.25, 0.3) is 0 Å². The van der Waals surface area contributed by atoms with Crippen molar-refractivity contribution in [3.05, 3.63) is 59.2 Å². The first-order chi connectivity index (χ1) is 13.9. The van der Waals surface area contributed by atoms with Crippen LogP contribution in [0.15, 0.2) is 42.5 Å². The molecule has 2 rings (SSSR count). The molecule has 2 aromatic carbocycles. The molecule has 29 heavy (non-hydrogen) atoms. The van der Waals surface area contributed by atoms with E-state index >= 15 is 0 Å². The molecule has 2 aromatic rings. The lowest BCUT2D eigenvalue weighted by Crippen LogP contribution is -2.40. The van der Waals surface area contributed by atoms with E-state index in [-0.39, 0.29) is 24.9 Å². The van der Waals surface area contributed by atoms with Gasteiger partial charge in [-0.05, 0) is 50.1 Å². The first kappa shape index (κ1) is 22.4. The van der Waals surface area contributed by atoms with Crippen molar-refractivity contribution in [2.45, 2.75) is 27.2 Å². The molecule has 2 amide bonds. The van der Waals surface area contributed by atoms with Gasteiger partial charge in [0.15, 0.2) is 0 Å². The highest BCUT2D eigenvalue weighted by Crippen LogP contribution is 2.21. The Morgan fingerprint density at radius 3 is 2.31 bits per heavy atom. The zero-order valence-electron chi connectivity index (χ0n) is 17.7. The van der Waals surface area contributed by atoms with E-state index < -0.39 is 0 Å². The summed E-state index contributed by atoms with van der Waals surface area (Å²) in [5, 5.41) is 5.74. The Morgan fingerprint density at radius 2 is 1.62 bits per heavy atom. The molecule has 0 radical (unpaired) electrons. The lowest BCUT2D eigenvalue weighted by atomic mass is 10.1. The maximum absolute atomic E-state index is 12.2. The zero-order valence-corrected chi connectivity index (χ0v) is 17.7. The summed E-state index contributed by atoms with van der Waals surface area (Å²) < 4.78 is 5.78. The summed E-state index contributed by atoms with van der Waals surface area (Å²) in [5.41, 5.74) is 4.06. The number of benzene rings is 2. The number of rotatable bonds is 10. The van der Waals surface area contributed by atoms with Crippen LogP contribution < -0.4 is 15.4 Å². The molecule has 6 heteroatoms. The summed E-state index contributed by atoms with van der Waals surface area (Å²) in [7, 11) is 1.75. The highest BCUT2D eigenvalue weighted by Gasteiger charge is 2.12. The summed E-state index contributed by atoms with van der Waals surface area (Å²) >= 11 is 0. The van der Waals surface area contributed by atoms with Crippen molar-refractivity contribution in [3.8, 4) is 5.75 Å². The lowest BCUT2D eigenvalue weighted by Gasteiger charge is -2.17. The van der Waals surface area contributed by atoms with Gasteiger partial charge >= 0.3 is 0 Å². The maximum atomic E-state index is 12.2. The molecule has 156 valence electrons. The van der Waals surface area contributed by atoms with Crippen molar-refractivity contribution in [1.82, 2.24) is 10.2 Å². The largest absolute Gasteiger partial charge is 0.491 e. The van der Waals surface area contributed by atoms with Gasteiger partial charge in [-0.2, -0.15) is 0 Å². The van der Waals surface area contributed by atoms with Crippen LogP contribution in [-0.2, 0) is 16.0 Å². The van der Waals surface area contributed by atoms with Crippen LogP contribution in [0.5, 0.6) is 5.75 Å². The van der Waals surface area contributed by atoms with E-state index in [0.717, 1.165) is 34.5 Å². The second-order valence-electron chi connectivity index (χ2n) is 7.15. The molecule has 0 fully saturated rings. The first-order valence-electron chi connectivity index (χ1n) is 9.92. The summed E-state index contributed by atoms with van der Waals surface area (Å²) in [5.74, 6) is 0.585. The fraction of sp³-hybridized carbons (Fsp3) is 0.391. The van der Waals surface area contributed by atoms with E-state index in [4.69, 9.17) is 4.74 Å². The van der Waals surface area contributed by atoms with E-state index in [1.54, 1.807) is 11.9 Å². The number of ether oxygens (including phenoxy) is 1. The molecule has 0 aliphatic carbocycles. The van der Waals surface area contributed by atoms with Crippen molar-refractivity contribution >= 4 is 17.5 Å². The number of hydrogen-bond acceptors (Lipinski definition) is 4. The predicted molar refractivity (Wildman–Crippen MR) is 116 cm³/mol. The summed E-state index contributed by atoms with van der Waals surface area (Å²) in [6, 6.07) is 13.7. The number of aryl methyl sites for hydroxylation is 3. The monoisotopic (exact) mass is 397 g/mol. The molecule has 6 nitrogen and oxygen atoms in total. The van der Waals surface area contributed by atoms with Gasteiger partial charge in [-0.1, -0.05) is 43.3 Å². The second kappa shape index (κ2) is 11.2. The number of anilines is 1. The average molecular weight is 398 g/mol. The van der Waals surface area contributed by atoms with Crippen molar-refractivity contribution in [3.63, 3.8) is 0 Å². The Labute approximate surface area is 173 Å². The minimum absolute atomic E-state index is 0.139. The van der Waals surface area contributed by atoms with Crippen LogP contribution in [0.3, 0.4) is 0 Å². The molecule has 0 spiro atoms. The number of carbonyl (C=O) groups is 2. The highest BCUT2D eigenvalue weighted by molar-refractivity contribution is 5.93. The Balaban J connectivity index is 1.70. The Bertz CT molecular complexity index is 816. The van der Waals surface area contributed by atoms with Gasteiger partial charge in [0, 0.05) is 5.69 Å². The van der Waals surface area contributed by atoms with Crippen molar-refractivity contribution < 1.29 is 14.3 Å². The number of nitrogens with zero attached hydrogens (tertiary/aromatic N) is 1. The van der Waals surface area contributed by atoms with Crippen LogP contribution in [0.2, 0.25) is 0 Å². The molecule has 0 heterocycles. The van der Waals surface area contributed by atoms with Crippen molar-refractivity contribution in [1.29, 1.82) is 0 Å². The summed E-state index contributed by atoms with van der Waals surface area (Å²) in [4.78, 5) is 26.0. The van der Waals surface area contributed by atoms with Gasteiger partial charge in [0.25, 0.3) is 0 Å². The number of likely N-dealkylation sites (N-methyl/N-ethyl adjacent to an activating group) is 1. The molecule has 0 saturated heterocycles. The molecule has 0 bridgehead atoms. The quantitative estimate of drug-likeness (QED) is 0.605. The fourth-order valence-corrected chi connectivity index (χ4v) is 3.11. The van der Waals surface area contributed by atoms with Gasteiger partial charge in [-0.15, -0.1) is 0 Å². The molecule has 0 aliphatic heterocycles. The van der Waals surface area contributed by atoms with E-state index in [1.165, 1.54) is 0 Å². The third kappa shape index (κ3) is 7.23. The van der Waals surface area contributed by atoms with Gasteiger partial charge in [-0.25, -0.2) is 0 Å². The number of nitrogens with one attached hydrogen (secondary N) is 2. The Morgan fingerprint density at radius 1 is 0.966 bits per heavy atom. The molecule has 0 aliphatic rings. The molecular formula is C23H31N3O3. The maximum Gasteiger partial charge on any atom is 0.238 e.